The molecular formula is C20H40O3. The van der Waals surface area contributed by atoms with Gasteiger partial charge in [-0.05, 0) is 18.8 Å². The number of ether oxygens (including phenoxy) is 3. The van der Waals surface area contributed by atoms with Crippen LogP contribution in [0.2, 0.25) is 0 Å². The Bertz CT molecular complexity index is 241. The Balaban J connectivity index is 1.62. The SMILES string of the molecule is CCC(C)COCCCCCCCCCCCCOCC1CO1. The predicted octanol–water partition coefficient (Wildman–Crippen LogP) is 5.37. The molecule has 138 valence electrons. The van der Waals surface area contributed by atoms with Crippen LogP contribution in [0.5, 0.6) is 0 Å². The van der Waals surface area contributed by atoms with Crippen LogP contribution in [0.15, 0.2) is 0 Å². The molecule has 0 aromatic heterocycles. The molecular weight excluding hydrogens is 288 g/mol. The Morgan fingerprint density at radius 2 is 1.30 bits per heavy atom. The van der Waals surface area contributed by atoms with Crippen LogP contribution in [0.4, 0.5) is 0 Å². The van der Waals surface area contributed by atoms with Crippen molar-refractivity contribution in [1.29, 1.82) is 0 Å². The van der Waals surface area contributed by atoms with Crippen molar-refractivity contribution < 1.29 is 14.2 Å². The first-order valence-electron chi connectivity index (χ1n) is 10.1. The van der Waals surface area contributed by atoms with E-state index in [0.29, 0.717) is 12.0 Å². The van der Waals surface area contributed by atoms with Gasteiger partial charge in [-0.25, -0.2) is 0 Å². The van der Waals surface area contributed by atoms with E-state index in [9.17, 15) is 0 Å². The Kier molecular flexibility index (Phi) is 14.0. The highest BCUT2D eigenvalue weighted by atomic mass is 16.6. The smallest absolute Gasteiger partial charge is 0.104 e. The van der Waals surface area contributed by atoms with Crippen LogP contribution in [0.25, 0.3) is 0 Å². The fourth-order valence-corrected chi connectivity index (χ4v) is 2.60. The lowest BCUT2D eigenvalue weighted by Crippen LogP contribution is -2.05. The molecule has 0 bridgehead atoms. The molecule has 0 radical (unpaired) electrons. The second-order valence-electron chi connectivity index (χ2n) is 7.15. The maximum absolute atomic E-state index is 5.69. The molecule has 0 saturated carbocycles. The van der Waals surface area contributed by atoms with Gasteiger partial charge < -0.3 is 14.2 Å². The van der Waals surface area contributed by atoms with Gasteiger partial charge in [-0.15, -0.1) is 0 Å². The van der Waals surface area contributed by atoms with Gasteiger partial charge >= 0.3 is 0 Å². The zero-order chi connectivity index (χ0) is 16.6. The minimum atomic E-state index is 0.418. The molecule has 23 heavy (non-hydrogen) atoms. The maximum Gasteiger partial charge on any atom is 0.104 e. The van der Waals surface area contributed by atoms with Gasteiger partial charge in [0.15, 0.2) is 0 Å². The van der Waals surface area contributed by atoms with Gasteiger partial charge in [-0.2, -0.15) is 0 Å². The largest absolute Gasteiger partial charge is 0.381 e. The average molecular weight is 329 g/mol. The number of hydrogen-bond donors (Lipinski definition) is 0. The highest BCUT2D eigenvalue weighted by molar-refractivity contribution is 4.67. The van der Waals surface area contributed by atoms with E-state index in [0.717, 1.165) is 33.0 Å². The highest BCUT2D eigenvalue weighted by Gasteiger charge is 2.21. The number of rotatable bonds is 18. The van der Waals surface area contributed by atoms with Gasteiger partial charge in [-0.3, -0.25) is 0 Å². The highest BCUT2D eigenvalue weighted by Crippen LogP contribution is 2.12. The van der Waals surface area contributed by atoms with Crippen LogP contribution in [0, 0.1) is 5.92 Å². The lowest BCUT2D eigenvalue weighted by molar-refractivity contribution is 0.100. The molecule has 1 aliphatic rings. The first-order chi connectivity index (χ1) is 11.3. The quantitative estimate of drug-likeness (QED) is 0.250. The second-order valence-corrected chi connectivity index (χ2v) is 7.15. The first-order valence-corrected chi connectivity index (χ1v) is 10.1. The molecule has 0 N–H and O–H groups in total. The van der Waals surface area contributed by atoms with Crippen molar-refractivity contribution in [3.05, 3.63) is 0 Å². The van der Waals surface area contributed by atoms with Crippen molar-refractivity contribution >= 4 is 0 Å². The van der Waals surface area contributed by atoms with E-state index in [2.05, 4.69) is 13.8 Å². The minimum Gasteiger partial charge on any atom is -0.381 e. The fraction of sp³-hybridized carbons (Fsp3) is 1.00. The van der Waals surface area contributed by atoms with E-state index >= 15 is 0 Å². The molecule has 1 heterocycles. The van der Waals surface area contributed by atoms with E-state index < -0.39 is 0 Å². The summed E-state index contributed by atoms with van der Waals surface area (Å²) in [5.74, 6) is 0.716. The molecule has 1 aliphatic heterocycles. The first kappa shape index (κ1) is 20.9. The molecule has 0 amide bonds. The average Bonchev–Trinajstić information content (AvgIpc) is 3.38. The normalized spacial score (nSPS) is 18.3. The summed E-state index contributed by atoms with van der Waals surface area (Å²) >= 11 is 0. The monoisotopic (exact) mass is 328 g/mol. The molecule has 2 atom stereocenters. The number of hydrogen-bond acceptors (Lipinski definition) is 3. The minimum absolute atomic E-state index is 0.418. The molecule has 0 aromatic carbocycles. The van der Waals surface area contributed by atoms with Gasteiger partial charge in [0.25, 0.3) is 0 Å². The molecule has 3 heteroatoms. The van der Waals surface area contributed by atoms with Crippen LogP contribution in [-0.4, -0.2) is 39.1 Å². The Morgan fingerprint density at radius 1 is 0.826 bits per heavy atom. The summed E-state index contributed by atoms with van der Waals surface area (Å²) in [5, 5.41) is 0. The third-order valence-electron chi connectivity index (χ3n) is 4.63. The third kappa shape index (κ3) is 15.2. The lowest BCUT2D eigenvalue weighted by Gasteiger charge is -2.09. The predicted molar refractivity (Wildman–Crippen MR) is 97.0 cm³/mol. The molecule has 2 unspecified atom stereocenters. The molecule has 0 aliphatic carbocycles. The zero-order valence-electron chi connectivity index (χ0n) is 15.7. The van der Waals surface area contributed by atoms with E-state index in [1.54, 1.807) is 0 Å². The van der Waals surface area contributed by atoms with Gasteiger partial charge in [0.05, 0.1) is 13.2 Å². The van der Waals surface area contributed by atoms with Crippen LogP contribution >= 0.6 is 0 Å². The van der Waals surface area contributed by atoms with E-state index in [1.807, 2.05) is 0 Å². The van der Waals surface area contributed by atoms with Crippen molar-refractivity contribution in [2.75, 3.05) is 33.0 Å². The maximum atomic E-state index is 5.69. The van der Waals surface area contributed by atoms with E-state index in [4.69, 9.17) is 14.2 Å². The van der Waals surface area contributed by atoms with E-state index in [1.165, 1.54) is 70.6 Å². The summed E-state index contributed by atoms with van der Waals surface area (Å²) in [5.41, 5.74) is 0. The Labute approximate surface area is 144 Å². The van der Waals surface area contributed by atoms with Gasteiger partial charge in [-0.1, -0.05) is 71.6 Å². The lowest BCUT2D eigenvalue weighted by atomic mass is 10.1. The zero-order valence-corrected chi connectivity index (χ0v) is 15.7. The molecule has 1 fully saturated rings. The summed E-state index contributed by atoms with van der Waals surface area (Å²) < 4.78 is 16.3. The molecule has 1 saturated heterocycles. The molecule has 1 rings (SSSR count). The molecule has 0 aromatic rings. The summed E-state index contributed by atoms with van der Waals surface area (Å²) in [6, 6.07) is 0. The molecule has 0 spiro atoms. The summed E-state index contributed by atoms with van der Waals surface area (Å²) in [4.78, 5) is 0. The van der Waals surface area contributed by atoms with Crippen LogP contribution in [0.3, 0.4) is 0 Å². The number of unbranched alkanes of at least 4 members (excludes halogenated alkanes) is 9. The number of epoxide rings is 1. The van der Waals surface area contributed by atoms with E-state index in [-0.39, 0.29) is 0 Å². The Hall–Kier alpha value is -0.120. The summed E-state index contributed by atoms with van der Waals surface area (Å²) in [7, 11) is 0. The van der Waals surface area contributed by atoms with Gasteiger partial charge in [0, 0.05) is 19.8 Å². The van der Waals surface area contributed by atoms with Crippen LogP contribution in [0.1, 0.15) is 84.5 Å². The topological polar surface area (TPSA) is 31.0 Å². The summed E-state index contributed by atoms with van der Waals surface area (Å²) in [6.45, 7) is 9.02. The van der Waals surface area contributed by atoms with Crippen molar-refractivity contribution in [2.45, 2.75) is 90.6 Å². The molecule has 3 nitrogen and oxygen atoms in total. The van der Waals surface area contributed by atoms with Crippen molar-refractivity contribution in [3.8, 4) is 0 Å². The standard InChI is InChI=1S/C20H40O3/c1-3-19(2)16-21-14-12-10-8-6-4-5-7-9-11-13-15-22-17-20-18-23-20/h19-20H,3-18H2,1-2H3. The van der Waals surface area contributed by atoms with Crippen molar-refractivity contribution in [2.24, 2.45) is 5.92 Å². The van der Waals surface area contributed by atoms with Crippen LogP contribution < -0.4 is 0 Å². The Morgan fingerprint density at radius 3 is 1.78 bits per heavy atom. The summed E-state index contributed by atoms with van der Waals surface area (Å²) in [6.07, 6.45) is 15.1. The second kappa shape index (κ2) is 15.4. The van der Waals surface area contributed by atoms with Crippen LogP contribution in [-0.2, 0) is 14.2 Å². The van der Waals surface area contributed by atoms with Crippen molar-refractivity contribution in [1.82, 2.24) is 0 Å². The van der Waals surface area contributed by atoms with Gasteiger partial charge in [0.1, 0.15) is 6.10 Å². The van der Waals surface area contributed by atoms with Crippen molar-refractivity contribution in [3.63, 3.8) is 0 Å². The van der Waals surface area contributed by atoms with Gasteiger partial charge in [0.2, 0.25) is 0 Å². The fourth-order valence-electron chi connectivity index (χ4n) is 2.60. The third-order valence-corrected chi connectivity index (χ3v) is 4.63.